The quantitative estimate of drug-likeness (QED) is 0.173. The highest BCUT2D eigenvalue weighted by Gasteiger charge is 2.21. The molecule has 3 heterocycles. The molecule has 0 fully saturated rings. The van der Waals surface area contributed by atoms with Crippen molar-refractivity contribution in [1.82, 2.24) is 30.2 Å². The highest BCUT2D eigenvalue weighted by Crippen LogP contribution is 2.25. The highest BCUT2D eigenvalue weighted by molar-refractivity contribution is 5.94. The third kappa shape index (κ3) is 8.67. The van der Waals surface area contributed by atoms with Crippen LogP contribution in [0.2, 0.25) is 0 Å². The zero-order chi connectivity index (χ0) is 33.5. The molecule has 0 spiro atoms. The molecule has 0 radical (unpaired) electrons. The van der Waals surface area contributed by atoms with Gasteiger partial charge in [-0.25, -0.2) is 0 Å². The van der Waals surface area contributed by atoms with Crippen molar-refractivity contribution in [3.63, 3.8) is 0 Å². The Kier molecular flexibility index (Phi) is 10.8. The summed E-state index contributed by atoms with van der Waals surface area (Å²) in [5.74, 6) is 0.281. The molecule has 4 aromatic rings. The number of carbonyl (C=O) groups is 2. The van der Waals surface area contributed by atoms with E-state index in [1.54, 1.807) is 25.4 Å². The largest absolute Gasteiger partial charge is 0.489 e. The van der Waals surface area contributed by atoms with Gasteiger partial charge in [0.1, 0.15) is 18.1 Å². The van der Waals surface area contributed by atoms with Crippen molar-refractivity contribution >= 4 is 11.8 Å². The van der Waals surface area contributed by atoms with Crippen LogP contribution in [0, 0.1) is 0 Å². The van der Waals surface area contributed by atoms with Gasteiger partial charge >= 0.3 is 0 Å². The van der Waals surface area contributed by atoms with E-state index >= 15 is 0 Å². The second-order valence-electron chi connectivity index (χ2n) is 12.7. The molecule has 0 bridgehead atoms. The van der Waals surface area contributed by atoms with Gasteiger partial charge in [0.25, 0.3) is 11.8 Å². The van der Waals surface area contributed by atoms with Crippen LogP contribution >= 0.6 is 0 Å². The van der Waals surface area contributed by atoms with Crippen LogP contribution < -0.4 is 15.4 Å². The number of benzene rings is 3. The van der Waals surface area contributed by atoms with Crippen molar-refractivity contribution in [3.8, 4) is 5.75 Å². The van der Waals surface area contributed by atoms with Crippen LogP contribution in [-0.2, 0) is 39.6 Å². The molecule has 2 amide bonds. The molecule has 1 aromatic heterocycles. The number of fused-ring (bicyclic) bond motifs is 2. The molecule has 0 aliphatic carbocycles. The summed E-state index contributed by atoms with van der Waals surface area (Å²) < 4.78 is 7.61. The summed E-state index contributed by atoms with van der Waals surface area (Å²) in [6.07, 6.45) is 2.02. The van der Waals surface area contributed by atoms with Crippen LogP contribution in [0.5, 0.6) is 5.75 Å². The normalized spacial score (nSPS) is 16.0. The van der Waals surface area contributed by atoms with Gasteiger partial charge in [0.15, 0.2) is 0 Å². The van der Waals surface area contributed by atoms with Crippen LogP contribution in [0.4, 0.5) is 0 Å². The smallest absolute Gasteiger partial charge is 0.269 e. The number of ether oxygens (including phenoxy) is 1. The molecule has 2 unspecified atom stereocenters. The molecule has 0 saturated heterocycles. The molecule has 2 aliphatic rings. The van der Waals surface area contributed by atoms with E-state index in [4.69, 9.17) is 4.74 Å². The van der Waals surface area contributed by atoms with Crippen molar-refractivity contribution in [3.05, 3.63) is 118 Å². The van der Waals surface area contributed by atoms with E-state index in [2.05, 4.69) is 55.9 Å². The molecular formula is C37H44N6O5. The molecule has 11 heteroatoms. The number of nitrogens with zero attached hydrogens (tertiary/aromatic N) is 4. The average molecular weight is 653 g/mol. The summed E-state index contributed by atoms with van der Waals surface area (Å²) in [6.45, 7) is 4.85. The second kappa shape index (κ2) is 15.6. The number of β-amino-alcohol motifs (C(OH)–C–C–N with tert-alkyl or cyclic N) is 2. The minimum Gasteiger partial charge on any atom is -0.489 e. The number of aliphatic hydroxyl groups is 2. The third-order valence-electron chi connectivity index (χ3n) is 9.06. The SMILES string of the molecule is Cn1nccc1C(=O)NCC(O)CN1CCc2cc(OCc3cccc(C(=O)NCC(O)CN4CCc5ccccc5C4)c3)ccc2C1. The Balaban J connectivity index is 0.929. The number of carbonyl (C=O) groups excluding carboxylic acids is 2. The van der Waals surface area contributed by atoms with E-state index in [-0.39, 0.29) is 24.9 Å². The van der Waals surface area contributed by atoms with Gasteiger partial charge in [-0.2, -0.15) is 5.10 Å². The van der Waals surface area contributed by atoms with Crippen molar-refractivity contribution in [2.45, 2.75) is 44.7 Å². The van der Waals surface area contributed by atoms with E-state index in [9.17, 15) is 19.8 Å². The Morgan fingerprint density at radius 3 is 2.17 bits per heavy atom. The Labute approximate surface area is 281 Å². The summed E-state index contributed by atoms with van der Waals surface area (Å²) in [4.78, 5) is 29.6. The highest BCUT2D eigenvalue weighted by atomic mass is 16.5. The lowest BCUT2D eigenvalue weighted by Crippen LogP contribution is -2.42. The third-order valence-corrected chi connectivity index (χ3v) is 9.06. The monoisotopic (exact) mass is 652 g/mol. The van der Waals surface area contributed by atoms with Gasteiger partial charge in [-0.1, -0.05) is 42.5 Å². The molecule has 6 rings (SSSR count). The lowest BCUT2D eigenvalue weighted by molar-refractivity contribution is 0.0834. The van der Waals surface area contributed by atoms with Crippen LogP contribution in [0.15, 0.2) is 79.0 Å². The van der Waals surface area contributed by atoms with E-state index in [0.29, 0.717) is 37.5 Å². The number of rotatable bonds is 13. The average Bonchev–Trinajstić information content (AvgIpc) is 3.54. The molecule has 0 saturated carbocycles. The predicted molar refractivity (Wildman–Crippen MR) is 182 cm³/mol. The van der Waals surface area contributed by atoms with Gasteiger partial charge in [-0.05, 0) is 71.0 Å². The fourth-order valence-electron chi connectivity index (χ4n) is 6.45. The summed E-state index contributed by atoms with van der Waals surface area (Å²) in [6, 6.07) is 23.5. The van der Waals surface area contributed by atoms with E-state index < -0.39 is 12.2 Å². The van der Waals surface area contributed by atoms with E-state index in [1.165, 1.54) is 26.9 Å². The molecule has 4 N–H and O–H groups in total. The summed E-state index contributed by atoms with van der Waals surface area (Å²) in [7, 11) is 1.71. The van der Waals surface area contributed by atoms with Gasteiger partial charge in [0.05, 0.1) is 12.2 Å². The van der Waals surface area contributed by atoms with Crippen molar-refractivity contribution in [2.24, 2.45) is 7.05 Å². The van der Waals surface area contributed by atoms with Gasteiger partial charge in [0.2, 0.25) is 0 Å². The number of aliphatic hydroxyl groups excluding tert-OH is 2. The van der Waals surface area contributed by atoms with Crippen LogP contribution in [0.25, 0.3) is 0 Å². The topological polar surface area (TPSA) is 132 Å². The molecule has 11 nitrogen and oxygen atoms in total. The Hall–Kier alpha value is -4.55. The van der Waals surface area contributed by atoms with Crippen LogP contribution in [0.3, 0.4) is 0 Å². The minimum atomic E-state index is -0.687. The Morgan fingerprint density at radius 1 is 0.792 bits per heavy atom. The van der Waals surface area contributed by atoms with Gasteiger partial charge in [-0.3, -0.25) is 24.1 Å². The fraction of sp³-hybridized carbons (Fsp3) is 0.378. The number of nitrogens with one attached hydrogen (secondary N) is 2. The first-order valence-corrected chi connectivity index (χ1v) is 16.6. The zero-order valence-corrected chi connectivity index (χ0v) is 27.3. The van der Waals surface area contributed by atoms with Crippen molar-refractivity contribution < 1.29 is 24.5 Å². The maximum absolute atomic E-state index is 12.9. The zero-order valence-electron chi connectivity index (χ0n) is 27.3. The molecule has 252 valence electrons. The lowest BCUT2D eigenvalue weighted by atomic mass is 9.99. The standard InChI is InChI=1S/C37H44N6O5/c1-41-35(11-14-40-41)37(47)39-20-33(45)24-43-16-13-28-18-34(10-9-31(28)22-43)48-25-26-5-4-8-29(17-26)36(46)38-19-32(44)23-42-15-12-27-6-2-3-7-30(27)21-42/h2-11,14,17-18,32-33,44-45H,12-13,15-16,19-25H2,1H3,(H,38,46)(H,39,47). The molecule has 48 heavy (non-hydrogen) atoms. The fourth-order valence-corrected chi connectivity index (χ4v) is 6.45. The van der Waals surface area contributed by atoms with Crippen molar-refractivity contribution in [2.75, 3.05) is 39.3 Å². The molecule has 3 aromatic carbocycles. The number of hydrogen-bond donors (Lipinski definition) is 4. The first-order chi connectivity index (χ1) is 23.3. The minimum absolute atomic E-state index is 0.166. The number of aromatic nitrogens is 2. The first-order valence-electron chi connectivity index (χ1n) is 16.6. The predicted octanol–water partition coefficient (Wildman–Crippen LogP) is 2.30. The molecule has 2 aliphatic heterocycles. The van der Waals surface area contributed by atoms with Crippen molar-refractivity contribution in [1.29, 1.82) is 0 Å². The maximum Gasteiger partial charge on any atom is 0.269 e. The number of aryl methyl sites for hydroxylation is 1. The first kappa shape index (κ1) is 33.4. The van der Waals surface area contributed by atoms with Crippen LogP contribution in [-0.4, -0.2) is 93.1 Å². The maximum atomic E-state index is 12.9. The molecular weight excluding hydrogens is 608 g/mol. The molecule has 2 atom stereocenters. The lowest BCUT2D eigenvalue weighted by Gasteiger charge is -2.30. The van der Waals surface area contributed by atoms with Crippen LogP contribution in [0.1, 0.15) is 48.7 Å². The van der Waals surface area contributed by atoms with Gasteiger partial charge in [-0.15, -0.1) is 0 Å². The number of amides is 2. The summed E-state index contributed by atoms with van der Waals surface area (Å²) in [5, 5.41) is 30.8. The Bertz CT molecular complexity index is 1720. The summed E-state index contributed by atoms with van der Waals surface area (Å²) >= 11 is 0. The number of hydrogen-bond acceptors (Lipinski definition) is 8. The van der Waals surface area contributed by atoms with Gasteiger partial charge < -0.3 is 25.6 Å². The van der Waals surface area contributed by atoms with E-state index in [0.717, 1.165) is 43.8 Å². The summed E-state index contributed by atoms with van der Waals surface area (Å²) in [5.41, 5.74) is 6.92. The second-order valence-corrected chi connectivity index (χ2v) is 12.7. The van der Waals surface area contributed by atoms with E-state index in [1.807, 2.05) is 30.3 Å². The Morgan fingerprint density at radius 2 is 1.46 bits per heavy atom. The van der Waals surface area contributed by atoms with Gasteiger partial charge in [0, 0.05) is 71.2 Å².